The number of piperidine rings is 1. The molecule has 3 aromatic heterocycles. The number of hydrogen-bond acceptors (Lipinski definition) is 7. The molecule has 5 rings (SSSR count). The molecule has 5 heterocycles. The zero-order chi connectivity index (χ0) is 22.2. The number of aromatic nitrogens is 4. The summed E-state index contributed by atoms with van der Waals surface area (Å²) in [7, 11) is 1.95. The van der Waals surface area contributed by atoms with Gasteiger partial charge in [0.15, 0.2) is 5.65 Å². The molecule has 3 aromatic rings. The summed E-state index contributed by atoms with van der Waals surface area (Å²) in [5.41, 5.74) is 11.7. The Hall–Kier alpha value is -2.71. The van der Waals surface area contributed by atoms with Crippen LogP contribution < -0.4 is 15.5 Å². The molecule has 2 saturated heterocycles. The summed E-state index contributed by atoms with van der Waals surface area (Å²) in [5.74, 6) is 0.963. The maximum Gasteiger partial charge on any atom is 0.159 e. The third-order valence-corrected chi connectivity index (χ3v) is 6.87. The highest BCUT2D eigenvalue weighted by molar-refractivity contribution is 5.89. The van der Waals surface area contributed by atoms with Gasteiger partial charge < -0.3 is 20.3 Å². The number of ether oxygens (including phenoxy) is 1. The smallest absolute Gasteiger partial charge is 0.159 e. The van der Waals surface area contributed by atoms with E-state index < -0.39 is 0 Å². The Morgan fingerprint density at radius 3 is 2.78 bits per heavy atom. The lowest BCUT2D eigenvalue weighted by Crippen LogP contribution is -2.39. The molecule has 0 radical (unpaired) electrons. The van der Waals surface area contributed by atoms with Crippen molar-refractivity contribution in [2.45, 2.75) is 32.2 Å². The molecule has 0 aromatic carbocycles. The van der Waals surface area contributed by atoms with Crippen LogP contribution in [0.5, 0.6) is 0 Å². The lowest BCUT2D eigenvalue weighted by Gasteiger charge is -2.38. The minimum Gasteiger partial charge on any atom is -0.378 e. The van der Waals surface area contributed by atoms with Gasteiger partial charge in [-0.1, -0.05) is 6.92 Å². The summed E-state index contributed by atoms with van der Waals surface area (Å²) >= 11 is 0. The van der Waals surface area contributed by atoms with Crippen molar-refractivity contribution in [3.63, 3.8) is 0 Å². The van der Waals surface area contributed by atoms with Crippen LogP contribution in [0.1, 0.15) is 30.7 Å². The van der Waals surface area contributed by atoms with Gasteiger partial charge in [0.05, 0.1) is 42.4 Å². The maximum absolute atomic E-state index is 6.13. The first kappa shape index (κ1) is 21.2. The molecule has 0 bridgehead atoms. The number of anilines is 2. The van der Waals surface area contributed by atoms with Crippen molar-refractivity contribution in [2.75, 3.05) is 49.2 Å². The molecule has 32 heavy (non-hydrogen) atoms. The molecule has 3 atom stereocenters. The molecular formula is C24H33N7O. The van der Waals surface area contributed by atoms with Crippen molar-refractivity contribution in [3.8, 4) is 0 Å². The Kier molecular flexibility index (Phi) is 5.73. The van der Waals surface area contributed by atoms with Crippen LogP contribution in [0.15, 0.2) is 30.6 Å². The third-order valence-electron chi connectivity index (χ3n) is 6.87. The van der Waals surface area contributed by atoms with E-state index in [-0.39, 0.29) is 6.04 Å². The van der Waals surface area contributed by atoms with Crippen molar-refractivity contribution in [1.29, 1.82) is 0 Å². The molecule has 8 nitrogen and oxygen atoms in total. The molecule has 2 aliphatic rings. The largest absolute Gasteiger partial charge is 0.378 e. The van der Waals surface area contributed by atoms with Gasteiger partial charge in [-0.3, -0.25) is 9.67 Å². The summed E-state index contributed by atoms with van der Waals surface area (Å²) in [6.45, 7) is 9.41. The number of nitrogens with zero attached hydrogens (tertiary/aromatic N) is 6. The van der Waals surface area contributed by atoms with Crippen LogP contribution in [0, 0.1) is 12.8 Å². The maximum atomic E-state index is 6.13. The molecule has 0 amide bonds. The fourth-order valence-corrected chi connectivity index (χ4v) is 5.16. The lowest BCUT2D eigenvalue weighted by molar-refractivity contribution is 0.143. The molecule has 0 unspecified atom stereocenters. The van der Waals surface area contributed by atoms with E-state index in [9.17, 15) is 0 Å². The van der Waals surface area contributed by atoms with Crippen LogP contribution in [0.3, 0.4) is 0 Å². The SMILES string of the molecule is Cc1cc(N2CC[C@H](c3ccc(N4CCOC[C@@H](N)C4)cn3)[C@@H](C)C2)c2cnn(C)c2n1. The lowest BCUT2D eigenvalue weighted by atomic mass is 9.84. The minimum atomic E-state index is 0.0460. The van der Waals surface area contributed by atoms with Crippen LogP contribution >= 0.6 is 0 Å². The molecule has 0 saturated carbocycles. The normalized spacial score (nSPS) is 24.7. The molecule has 8 heteroatoms. The first-order valence-electron chi connectivity index (χ1n) is 11.6. The second-order valence-electron chi connectivity index (χ2n) is 9.33. The standard InChI is InChI=1S/C24H33N7O/c1-16-13-31(23-10-17(2)28-24-21(23)12-27-29(24)3)7-6-20(16)22-5-4-19(11-26-22)30-8-9-32-15-18(25)14-30/h4-5,10-12,16,18,20H,6-9,13-15,25H2,1-3H3/t16-,18-,20-/m0/s1. The van der Waals surface area contributed by atoms with Gasteiger partial charge in [-0.2, -0.15) is 5.10 Å². The average molecular weight is 436 g/mol. The number of hydrogen-bond donors (Lipinski definition) is 1. The number of nitrogens with two attached hydrogens (primary N) is 1. The van der Waals surface area contributed by atoms with Crippen LogP contribution in [0.4, 0.5) is 11.4 Å². The molecule has 0 spiro atoms. The van der Waals surface area contributed by atoms with Gasteiger partial charge in [0.1, 0.15) is 0 Å². The Labute approximate surface area is 189 Å². The topological polar surface area (TPSA) is 85.3 Å². The molecule has 170 valence electrons. The molecule has 2 aliphatic heterocycles. The van der Waals surface area contributed by atoms with E-state index in [2.05, 4.69) is 51.9 Å². The van der Waals surface area contributed by atoms with Gasteiger partial charge in [0, 0.05) is 56.6 Å². The summed E-state index contributed by atoms with van der Waals surface area (Å²) < 4.78 is 7.43. The summed E-state index contributed by atoms with van der Waals surface area (Å²) in [6, 6.07) is 6.65. The summed E-state index contributed by atoms with van der Waals surface area (Å²) in [6.07, 6.45) is 5.03. The second-order valence-corrected chi connectivity index (χ2v) is 9.33. The van der Waals surface area contributed by atoms with E-state index in [1.165, 1.54) is 11.4 Å². The first-order valence-corrected chi connectivity index (χ1v) is 11.6. The van der Waals surface area contributed by atoms with Crippen LogP contribution in [0.2, 0.25) is 0 Å². The quantitative estimate of drug-likeness (QED) is 0.676. The van der Waals surface area contributed by atoms with E-state index in [1.54, 1.807) is 0 Å². The molecule has 0 aliphatic carbocycles. The Morgan fingerprint density at radius 1 is 1.12 bits per heavy atom. The van der Waals surface area contributed by atoms with Gasteiger partial charge in [-0.05, 0) is 37.5 Å². The Balaban J connectivity index is 1.31. The third kappa shape index (κ3) is 4.04. The van der Waals surface area contributed by atoms with Gasteiger partial charge in [0.2, 0.25) is 0 Å². The average Bonchev–Trinajstić information content (AvgIpc) is 3.01. The van der Waals surface area contributed by atoms with Gasteiger partial charge in [-0.15, -0.1) is 0 Å². The highest BCUT2D eigenvalue weighted by Crippen LogP contribution is 2.36. The number of aryl methyl sites for hydroxylation is 2. The van der Waals surface area contributed by atoms with E-state index >= 15 is 0 Å². The van der Waals surface area contributed by atoms with Crippen molar-refractivity contribution in [2.24, 2.45) is 18.7 Å². The van der Waals surface area contributed by atoms with E-state index in [4.69, 9.17) is 15.5 Å². The zero-order valence-corrected chi connectivity index (χ0v) is 19.2. The highest BCUT2D eigenvalue weighted by Gasteiger charge is 2.30. The first-order chi connectivity index (χ1) is 15.5. The van der Waals surface area contributed by atoms with Gasteiger partial charge in [-0.25, -0.2) is 4.98 Å². The van der Waals surface area contributed by atoms with Gasteiger partial charge >= 0.3 is 0 Å². The van der Waals surface area contributed by atoms with Crippen LogP contribution in [-0.2, 0) is 11.8 Å². The van der Waals surface area contributed by atoms with E-state index in [0.717, 1.165) is 55.0 Å². The number of pyridine rings is 2. The second kappa shape index (κ2) is 8.67. The summed E-state index contributed by atoms with van der Waals surface area (Å²) in [5, 5.41) is 5.56. The zero-order valence-electron chi connectivity index (χ0n) is 19.2. The van der Waals surface area contributed by atoms with Crippen molar-refractivity contribution in [3.05, 3.63) is 42.0 Å². The van der Waals surface area contributed by atoms with Gasteiger partial charge in [0.25, 0.3) is 0 Å². The molecule has 2 fully saturated rings. The summed E-state index contributed by atoms with van der Waals surface area (Å²) in [4.78, 5) is 14.3. The number of fused-ring (bicyclic) bond motifs is 1. The Morgan fingerprint density at radius 2 is 2.00 bits per heavy atom. The monoisotopic (exact) mass is 435 g/mol. The Bertz CT molecular complexity index is 1080. The molecule has 2 N–H and O–H groups in total. The fourth-order valence-electron chi connectivity index (χ4n) is 5.16. The predicted octanol–water partition coefficient (Wildman–Crippen LogP) is 2.47. The van der Waals surface area contributed by atoms with E-state index in [0.29, 0.717) is 25.0 Å². The minimum absolute atomic E-state index is 0.0460. The van der Waals surface area contributed by atoms with Crippen LogP contribution in [0.25, 0.3) is 11.0 Å². The highest BCUT2D eigenvalue weighted by atomic mass is 16.5. The number of rotatable bonds is 3. The van der Waals surface area contributed by atoms with Crippen molar-refractivity contribution < 1.29 is 4.74 Å². The van der Waals surface area contributed by atoms with Crippen LogP contribution in [-0.4, -0.2) is 65.2 Å². The van der Waals surface area contributed by atoms with E-state index in [1.807, 2.05) is 24.1 Å². The van der Waals surface area contributed by atoms with Crippen molar-refractivity contribution >= 4 is 22.4 Å². The fraction of sp³-hybridized carbons (Fsp3) is 0.542. The van der Waals surface area contributed by atoms with Crippen molar-refractivity contribution in [1.82, 2.24) is 19.7 Å². The molecular weight excluding hydrogens is 402 g/mol. The predicted molar refractivity (Wildman–Crippen MR) is 127 cm³/mol.